The highest BCUT2D eigenvalue weighted by Crippen LogP contribution is 2.36. The molecule has 0 radical (unpaired) electrons. The molecule has 0 heterocycles. The van der Waals surface area contributed by atoms with Gasteiger partial charge in [0.25, 0.3) is 6.43 Å². The second-order valence-corrected chi connectivity index (χ2v) is 3.69. The average molecular weight is 314 g/mol. The molecule has 0 amide bonds. The second-order valence-electron chi connectivity index (χ2n) is 2.53. The van der Waals surface area contributed by atoms with Crippen LogP contribution in [0.4, 0.5) is 8.78 Å². The van der Waals surface area contributed by atoms with Gasteiger partial charge in [0.15, 0.2) is 0 Å². The fourth-order valence-electron chi connectivity index (χ4n) is 1.07. The maximum atomic E-state index is 12.6. The molecule has 5 heteroatoms. The smallest absolute Gasteiger partial charge is 0.268 e. The number of ether oxygens (including phenoxy) is 2. The van der Waals surface area contributed by atoms with Crippen molar-refractivity contribution in [3.8, 4) is 11.5 Å². The van der Waals surface area contributed by atoms with Gasteiger partial charge in [-0.05, 0) is 28.7 Å². The van der Waals surface area contributed by atoms with Crippen LogP contribution < -0.4 is 9.47 Å². The van der Waals surface area contributed by atoms with Crippen LogP contribution in [0.1, 0.15) is 12.0 Å². The van der Waals surface area contributed by atoms with Crippen LogP contribution in [0, 0.1) is 3.57 Å². The van der Waals surface area contributed by atoms with Crippen molar-refractivity contribution >= 4 is 22.6 Å². The van der Waals surface area contributed by atoms with Gasteiger partial charge in [0, 0.05) is 9.64 Å². The molecule has 1 rings (SSSR count). The molecule has 2 nitrogen and oxygen atoms in total. The molecule has 0 unspecified atom stereocenters. The van der Waals surface area contributed by atoms with Gasteiger partial charge < -0.3 is 9.47 Å². The number of benzene rings is 1. The minimum atomic E-state index is -2.54. The first-order chi connectivity index (χ1) is 6.60. The van der Waals surface area contributed by atoms with Crippen LogP contribution in [-0.2, 0) is 0 Å². The summed E-state index contributed by atoms with van der Waals surface area (Å²) in [5, 5.41) is 0. The highest BCUT2D eigenvalue weighted by molar-refractivity contribution is 14.1. The van der Waals surface area contributed by atoms with E-state index in [0.29, 0.717) is 9.32 Å². The van der Waals surface area contributed by atoms with E-state index in [1.54, 1.807) is 6.07 Å². The molecule has 14 heavy (non-hydrogen) atoms. The average Bonchev–Trinajstić information content (AvgIpc) is 2.15. The number of alkyl halides is 2. The Morgan fingerprint density at radius 2 is 1.86 bits per heavy atom. The van der Waals surface area contributed by atoms with Crippen molar-refractivity contribution in [2.45, 2.75) is 6.43 Å². The van der Waals surface area contributed by atoms with Crippen LogP contribution >= 0.6 is 22.6 Å². The first-order valence-electron chi connectivity index (χ1n) is 3.79. The lowest BCUT2D eigenvalue weighted by molar-refractivity contribution is 0.146. The topological polar surface area (TPSA) is 18.5 Å². The van der Waals surface area contributed by atoms with Crippen molar-refractivity contribution in [2.24, 2.45) is 0 Å². The third kappa shape index (κ3) is 2.26. The Balaban J connectivity index is 3.27. The van der Waals surface area contributed by atoms with Gasteiger partial charge in [-0.15, -0.1) is 0 Å². The number of hydrogen-bond donors (Lipinski definition) is 0. The lowest BCUT2D eigenvalue weighted by atomic mass is 10.2. The predicted octanol–water partition coefficient (Wildman–Crippen LogP) is 3.25. The quantitative estimate of drug-likeness (QED) is 0.798. The standard InChI is InChI=1S/C9H9F2IO2/c1-13-5-3-6(12)8(9(10)11)7(4-5)14-2/h3-4,9H,1-2H3. The van der Waals surface area contributed by atoms with E-state index in [1.165, 1.54) is 20.3 Å². The molecule has 0 saturated carbocycles. The molecular formula is C9H9F2IO2. The monoisotopic (exact) mass is 314 g/mol. The third-order valence-electron chi connectivity index (χ3n) is 1.74. The van der Waals surface area contributed by atoms with E-state index in [2.05, 4.69) is 0 Å². The van der Waals surface area contributed by atoms with Crippen LogP contribution in [0.3, 0.4) is 0 Å². The summed E-state index contributed by atoms with van der Waals surface area (Å²) in [5.74, 6) is 0.666. The van der Waals surface area contributed by atoms with E-state index in [4.69, 9.17) is 9.47 Å². The van der Waals surface area contributed by atoms with E-state index >= 15 is 0 Å². The van der Waals surface area contributed by atoms with Gasteiger partial charge in [-0.1, -0.05) is 0 Å². The molecule has 0 aliphatic carbocycles. The Morgan fingerprint density at radius 1 is 1.21 bits per heavy atom. The number of hydrogen-bond acceptors (Lipinski definition) is 2. The molecule has 1 aromatic carbocycles. The van der Waals surface area contributed by atoms with Gasteiger partial charge >= 0.3 is 0 Å². The van der Waals surface area contributed by atoms with Crippen molar-refractivity contribution in [2.75, 3.05) is 14.2 Å². The number of methoxy groups -OCH3 is 2. The molecule has 0 spiro atoms. The first kappa shape index (κ1) is 11.5. The van der Waals surface area contributed by atoms with Crippen molar-refractivity contribution < 1.29 is 18.3 Å². The number of halogens is 3. The summed E-state index contributed by atoms with van der Waals surface area (Å²) >= 11 is 1.83. The molecule has 0 saturated heterocycles. The molecular weight excluding hydrogens is 305 g/mol. The van der Waals surface area contributed by atoms with Crippen LogP contribution in [0.5, 0.6) is 11.5 Å². The molecule has 0 aliphatic heterocycles. The highest BCUT2D eigenvalue weighted by atomic mass is 127. The van der Waals surface area contributed by atoms with E-state index in [0.717, 1.165) is 0 Å². The van der Waals surface area contributed by atoms with Crippen molar-refractivity contribution in [1.29, 1.82) is 0 Å². The predicted molar refractivity (Wildman–Crippen MR) is 57.2 cm³/mol. The van der Waals surface area contributed by atoms with E-state index < -0.39 is 6.43 Å². The van der Waals surface area contributed by atoms with Gasteiger partial charge in [-0.3, -0.25) is 0 Å². The van der Waals surface area contributed by atoms with Crippen LogP contribution in [0.25, 0.3) is 0 Å². The lowest BCUT2D eigenvalue weighted by Crippen LogP contribution is -1.97. The van der Waals surface area contributed by atoms with E-state index in [1.807, 2.05) is 22.6 Å². The summed E-state index contributed by atoms with van der Waals surface area (Å²) in [4.78, 5) is 0. The largest absolute Gasteiger partial charge is 0.497 e. The van der Waals surface area contributed by atoms with Gasteiger partial charge in [0.1, 0.15) is 11.5 Å². The zero-order valence-corrected chi connectivity index (χ0v) is 9.84. The molecule has 0 aliphatic rings. The zero-order chi connectivity index (χ0) is 10.7. The lowest BCUT2D eigenvalue weighted by Gasteiger charge is -2.11. The molecule has 0 bridgehead atoms. The van der Waals surface area contributed by atoms with Crippen molar-refractivity contribution in [3.63, 3.8) is 0 Å². The van der Waals surface area contributed by atoms with Gasteiger partial charge in [0.05, 0.1) is 19.8 Å². The Bertz CT molecular complexity index is 329. The third-order valence-corrected chi connectivity index (χ3v) is 2.63. The Labute approximate surface area is 94.3 Å². The minimum Gasteiger partial charge on any atom is -0.497 e. The Kier molecular flexibility index (Phi) is 3.91. The van der Waals surface area contributed by atoms with Crippen LogP contribution in [-0.4, -0.2) is 14.2 Å². The Morgan fingerprint density at radius 3 is 2.29 bits per heavy atom. The van der Waals surface area contributed by atoms with Crippen molar-refractivity contribution in [1.82, 2.24) is 0 Å². The SMILES string of the molecule is COc1cc(I)c(C(F)F)c(OC)c1. The molecule has 1 aromatic rings. The molecule has 78 valence electrons. The summed E-state index contributed by atoms with van der Waals surface area (Å²) < 4.78 is 35.4. The van der Waals surface area contributed by atoms with Gasteiger partial charge in [-0.2, -0.15) is 0 Å². The van der Waals surface area contributed by atoms with Gasteiger partial charge in [0.2, 0.25) is 0 Å². The summed E-state index contributed by atoms with van der Waals surface area (Å²) in [5.41, 5.74) is -0.0890. The maximum Gasteiger partial charge on any atom is 0.268 e. The van der Waals surface area contributed by atoms with Crippen molar-refractivity contribution in [3.05, 3.63) is 21.3 Å². The van der Waals surface area contributed by atoms with Crippen LogP contribution in [0.2, 0.25) is 0 Å². The fraction of sp³-hybridized carbons (Fsp3) is 0.333. The zero-order valence-electron chi connectivity index (χ0n) is 7.68. The van der Waals surface area contributed by atoms with E-state index in [9.17, 15) is 8.78 Å². The fourth-order valence-corrected chi connectivity index (χ4v) is 1.88. The Hall–Kier alpha value is -0.590. The van der Waals surface area contributed by atoms with E-state index in [-0.39, 0.29) is 11.3 Å². The first-order valence-corrected chi connectivity index (χ1v) is 4.87. The molecule has 0 aromatic heterocycles. The van der Waals surface area contributed by atoms with Gasteiger partial charge in [-0.25, -0.2) is 8.78 Å². The summed E-state index contributed by atoms with van der Waals surface area (Å²) in [6.45, 7) is 0. The summed E-state index contributed by atoms with van der Waals surface area (Å²) in [7, 11) is 2.84. The summed E-state index contributed by atoms with van der Waals surface area (Å²) in [6.07, 6.45) is -2.54. The molecule has 0 atom stereocenters. The molecule has 0 fully saturated rings. The number of rotatable bonds is 3. The maximum absolute atomic E-state index is 12.6. The minimum absolute atomic E-state index is 0.0890. The van der Waals surface area contributed by atoms with Crippen LogP contribution in [0.15, 0.2) is 12.1 Å². The second kappa shape index (κ2) is 4.77. The summed E-state index contributed by atoms with van der Waals surface area (Å²) in [6, 6.07) is 2.99. The molecule has 0 N–H and O–H groups in total. The highest BCUT2D eigenvalue weighted by Gasteiger charge is 2.18. The normalized spacial score (nSPS) is 10.4.